The van der Waals surface area contributed by atoms with Crippen LogP contribution in [-0.4, -0.2) is 32.2 Å². The maximum absolute atomic E-state index is 10.4. The molecule has 1 N–H and O–H groups in total. The Morgan fingerprint density at radius 3 is 2.34 bits per heavy atom. The minimum Gasteiger partial charge on any atom is -0.496 e. The maximum atomic E-state index is 10.4. The highest BCUT2D eigenvalue weighted by Gasteiger charge is 2.13. The summed E-state index contributed by atoms with van der Waals surface area (Å²) in [7, 11) is 3.31. The van der Waals surface area contributed by atoms with Gasteiger partial charge in [-0.3, -0.25) is 0 Å². The molecule has 0 bridgehead atoms. The molecule has 0 aliphatic carbocycles. The first-order valence-electron chi connectivity index (χ1n) is 12.2. The van der Waals surface area contributed by atoms with Gasteiger partial charge in [0.1, 0.15) is 11.9 Å². The first kappa shape index (κ1) is 30.2. The Bertz CT molecular complexity index is 641. The van der Waals surface area contributed by atoms with Crippen LogP contribution in [0.5, 0.6) is 5.75 Å². The molecule has 2 unspecified atom stereocenters. The second-order valence-corrected chi connectivity index (χ2v) is 7.71. The van der Waals surface area contributed by atoms with Crippen molar-refractivity contribution in [2.45, 2.75) is 97.4 Å². The molecule has 4 heteroatoms. The molecule has 0 fully saturated rings. The number of methoxy groups -OCH3 is 2. The van der Waals surface area contributed by atoms with E-state index in [1.165, 1.54) is 32.1 Å². The second kappa shape index (κ2) is 21.1. The highest BCUT2D eigenvalue weighted by Crippen LogP contribution is 2.27. The standard InChI is InChI=1S/C21H30O2.C7H16O2/c1-4-6-7-8-9-10-11-12-16-20(22)18-15-13-17-21(23-3)19(18)14-5-2;1-4-6-9-7(5-2)8-3/h5,13,15,17,20,22H,2,4,6-11,14H2,1,3H3;7H,4-6H2,1-3H3. The molecule has 0 aromatic heterocycles. The van der Waals surface area contributed by atoms with Gasteiger partial charge in [-0.15, -0.1) is 12.5 Å². The number of aliphatic hydroxyl groups excluding tert-OH is 1. The molecule has 32 heavy (non-hydrogen) atoms. The summed E-state index contributed by atoms with van der Waals surface area (Å²) in [5.41, 5.74) is 1.78. The summed E-state index contributed by atoms with van der Waals surface area (Å²) < 4.78 is 15.6. The zero-order chi connectivity index (χ0) is 24.0. The van der Waals surface area contributed by atoms with Crippen LogP contribution in [-0.2, 0) is 15.9 Å². The molecule has 1 aromatic rings. The van der Waals surface area contributed by atoms with Gasteiger partial charge in [-0.05, 0) is 37.3 Å². The summed E-state index contributed by atoms with van der Waals surface area (Å²) >= 11 is 0. The largest absolute Gasteiger partial charge is 0.496 e. The monoisotopic (exact) mass is 446 g/mol. The van der Waals surface area contributed by atoms with Gasteiger partial charge >= 0.3 is 0 Å². The van der Waals surface area contributed by atoms with Crippen molar-refractivity contribution in [1.82, 2.24) is 0 Å². The molecule has 0 saturated carbocycles. The van der Waals surface area contributed by atoms with E-state index in [-0.39, 0.29) is 6.29 Å². The fraction of sp³-hybridized carbons (Fsp3) is 0.643. The fourth-order valence-electron chi connectivity index (χ4n) is 3.23. The number of allylic oxidation sites excluding steroid dienone is 1. The van der Waals surface area contributed by atoms with Crippen LogP contribution < -0.4 is 4.74 Å². The van der Waals surface area contributed by atoms with E-state index in [4.69, 9.17) is 14.2 Å². The highest BCUT2D eigenvalue weighted by molar-refractivity contribution is 5.44. The number of ether oxygens (including phenoxy) is 3. The molecule has 0 amide bonds. The van der Waals surface area contributed by atoms with Crippen molar-refractivity contribution in [2.75, 3.05) is 20.8 Å². The van der Waals surface area contributed by atoms with E-state index < -0.39 is 6.10 Å². The molecule has 0 radical (unpaired) electrons. The van der Waals surface area contributed by atoms with Crippen LogP contribution in [0.3, 0.4) is 0 Å². The van der Waals surface area contributed by atoms with Gasteiger partial charge in [-0.1, -0.05) is 77.0 Å². The van der Waals surface area contributed by atoms with Gasteiger partial charge in [-0.2, -0.15) is 0 Å². The van der Waals surface area contributed by atoms with Crippen molar-refractivity contribution in [2.24, 2.45) is 0 Å². The number of hydrogen-bond donors (Lipinski definition) is 1. The van der Waals surface area contributed by atoms with Crippen molar-refractivity contribution in [3.8, 4) is 17.6 Å². The van der Waals surface area contributed by atoms with Crippen LogP contribution in [0, 0.1) is 11.8 Å². The van der Waals surface area contributed by atoms with E-state index in [9.17, 15) is 5.11 Å². The molecule has 1 aromatic carbocycles. The highest BCUT2D eigenvalue weighted by atomic mass is 16.7. The Balaban J connectivity index is 0.000000900. The van der Waals surface area contributed by atoms with E-state index >= 15 is 0 Å². The molecule has 0 heterocycles. The van der Waals surface area contributed by atoms with Crippen LogP contribution in [0.15, 0.2) is 30.9 Å². The SMILES string of the molecule is C=CCc1c(OC)cccc1C(O)C#CCCCCCCCC.CCCOC(CC)OC. The summed E-state index contributed by atoms with van der Waals surface area (Å²) in [4.78, 5) is 0. The molecule has 4 nitrogen and oxygen atoms in total. The number of unbranched alkanes of at least 4 members (excludes halogenated alkanes) is 6. The second-order valence-electron chi connectivity index (χ2n) is 7.71. The lowest BCUT2D eigenvalue weighted by atomic mass is 9.98. The third kappa shape index (κ3) is 13.6. The summed E-state index contributed by atoms with van der Waals surface area (Å²) in [6.07, 6.45) is 12.1. The van der Waals surface area contributed by atoms with Gasteiger partial charge in [0.2, 0.25) is 0 Å². The molecule has 0 aliphatic rings. The predicted octanol–water partition coefficient (Wildman–Crippen LogP) is 7.01. The van der Waals surface area contributed by atoms with E-state index in [0.717, 1.165) is 49.2 Å². The van der Waals surface area contributed by atoms with Crippen LogP contribution >= 0.6 is 0 Å². The lowest BCUT2D eigenvalue weighted by Gasteiger charge is -2.14. The van der Waals surface area contributed by atoms with E-state index in [1.807, 2.05) is 31.2 Å². The third-order valence-electron chi connectivity index (χ3n) is 5.03. The average molecular weight is 447 g/mol. The summed E-state index contributed by atoms with van der Waals surface area (Å²) in [5, 5.41) is 10.4. The fourth-order valence-corrected chi connectivity index (χ4v) is 3.23. The Kier molecular flexibility index (Phi) is 19.9. The number of aliphatic hydroxyl groups is 1. The summed E-state index contributed by atoms with van der Waals surface area (Å²) in [5.74, 6) is 6.86. The normalized spacial score (nSPS) is 12.1. The summed E-state index contributed by atoms with van der Waals surface area (Å²) in [6.45, 7) is 10.9. The van der Waals surface area contributed by atoms with Gasteiger partial charge in [0.25, 0.3) is 0 Å². The number of benzene rings is 1. The van der Waals surface area contributed by atoms with Gasteiger partial charge in [0.15, 0.2) is 6.29 Å². The Labute approximate surface area is 197 Å². The van der Waals surface area contributed by atoms with Crippen molar-refractivity contribution in [3.05, 3.63) is 42.0 Å². The van der Waals surface area contributed by atoms with Crippen LogP contribution in [0.1, 0.15) is 95.8 Å². The molecule has 0 saturated heterocycles. The number of hydrogen-bond acceptors (Lipinski definition) is 4. The van der Waals surface area contributed by atoms with Gasteiger partial charge in [-0.25, -0.2) is 0 Å². The molecule has 182 valence electrons. The molecular weight excluding hydrogens is 400 g/mol. The zero-order valence-corrected chi connectivity index (χ0v) is 21.1. The van der Waals surface area contributed by atoms with Crippen molar-refractivity contribution in [3.63, 3.8) is 0 Å². The lowest BCUT2D eigenvalue weighted by Crippen LogP contribution is -2.13. The van der Waals surface area contributed by atoms with Gasteiger partial charge in [0.05, 0.1) is 7.11 Å². The van der Waals surface area contributed by atoms with Gasteiger partial charge in [0, 0.05) is 25.7 Å². The van der Waals surface area contributed by atoms with E-state index in [2.05, 4.69) is 32.3 Å². The Morgan fingerprint density at radius 2 is 1.75 bits per heavy atom. The molecule has 1 rings (SSSR count). The van der Waals surface area contributed by atoms with Crippen LogP contribution in [0.2, 0.25) is 0 Å². The first-order valence-corrected chi connectivity index (χ1v) is 12.2. The number of rotatable bonds is 15. The van der Waals surface area contributed by atoms with Crippen molar-refractivity contribution < 1.29 is 19.3 Å². The third-order valence-corrected chi connectivity index (χ3v) is 5.03. The van der Waals surface area contributed by atoms with E-state index in [0.29, 0.717) is 6.42 Å². The Morgan fingerprint density at radius 1 is 1.03 bits per heavy atom. The average Bonchev–Trinajstić information content (AvgIpc) is 2.82. The zero-order valence-electron chi connectivity index (χ0n) is 21.1. The van der Waals surface area contributed by atoms with E-state index in [1.54, 1.807) is 14.2 Å². The molecule has 2 atom stereocenters. The van der Waals surface area contributed by atoms with Gasteiger partial charge < -0.3 is 19.3 Å². The van der Waals surface area contributed by atoms with Crippen LogP contribution in [0.25, 0.3) is 0 Å². The molecule has 0 spiro atoms. The van der Waals surface area contributed by atoms with Crippen LogP contribution in [0.4, 0.5) is 0 Å². The smallest absolute Gasteiger partial charge is 0.156 e. The van der Waals surface area contributed by atoms with Crippen molar-refractivity contribution >= 4 is 0 Å². The molecular formula is C28H46O4. The maximum Gasteiger partial charge on any atom is 0.156 e. The minimum atomic E-state index is -0.764. The Hall–Kier alpha value is -1.80. The van der Waals surface area contributed by atoms with Crippen molar-refractivity contribution in [1.29, 1.82) is 0 Å². The first-order chi connectivity index (χ1) is 15.6. The lowest BCUT2D eigenvalue weighted by molar-refractivity contribution is -0.124. The predicted molar refractivity (Wildman–Crippen MR) is 135 cm³/mol. The summed E-state index contributed by atoms with van der Waals surface area (Å²) in [6, 6.07) is 5.70. The topological polar surface area (TPSA) is 47.9 Å². The quantitative estimate of drug-likeness (QED) is 0.136. The molecule has 0 aliphatic heterocycles. The minimum absolute atomic E-state index is 0.00458.